The van der Waals surface area contributed by atoms with E-state index in [1.807, 2.05) is 36.4 Å². The molecule has 25 heavy (non-hydrogen) atoms. The molecule has 1 heterocycles. The second-order valence-corrected chi connectivity index (χ2v) is 9.33. The van der Waals surface area contributed by atoms with E-state index < -0.39 is 10.0 Å². The summed E-state index contributed by atoms with van der Waals surface area (Å²) in [5.74, 6) is 0.136. The van der Waals surface area contributed by atoms with E-state index in [1.165, 1.54) is 17.2 Å². The van der Waals surface area contributed by atoms with E-state index in [2.05, 4.69) is 29.0 Å². The molecular formula is C19H18ClNO2S2. The summed E-state index contributed by atoms with van der Waals surface area (Å²) >= 11 is 6.90. The highest BCUT2D eigenvalue weighted by Crippen LogP contribution is 2.28. The van der Waals surface area contributed by atoms with Gasteiger partial charge in [-0.15, -0.1) is 11.3 Å². The summed E-state index contributed by atoms with van der Waals surface area (Å²) < 4.78 is 28.1. The van der Waals surface area contributed by atoms with Gasteiger partial charge in [-0.1, -0.05) is 72.3 Å². The van der Waals surface area contributed by atoms with E-state index in [0.29, 0.717) is 17.3 Å². The Bertz CT molecular complexity index is 869. The summed E-state index contributed by atoms with van der Waals surface area (Å²) in [6.07, 6.45) is 0.673. The molecule has 0 bridgehead atoms. The summed E-state index contributed by atoms with van der Waals surface area (Å²) in [6.45, 7) is 0.353. The lowest BCUT2D eigenvalue weighted by Crippen LogP contribution is -2.25. The number of nitrogens with one attached hydrogen (secondary N) is 1. The lowest BCUT2D eigenvalue weighted by Gasteiger charge is -2.18. The van der Waals surface area contributed by atoms with Crippen molar-refractivity contribution in [3.63, 3.8) is 0 Å². The van der Waals surface area contributed by atoms with Crippen molar-refractivity contribution in [1.29, 1.82) is 0 Å². The van der Waals surface area contributed by atoms with Gasteiger partial charge in [-0.2, -0.15) is 0 Å². The molecular weight excluding hydrogens is 374 g/mol. The van der Waals surface area contributed by atoms with Gasteiger partial charge in [0.2, 0.25) is 10.0 Å². The summed E-state index contributed by atoms with van der Waals surface area (Å²) in [6, 6.07) is 23.4. The number of thiophene rings is 1. The van der Waals surface area contributed by atoms with Gasteiger partial charge in [0, 0.05) is 12.5 Å². The second kappa shape index (κ2) is 8.15. The van der Waals surface area contributed by atoms with Crippen LogP contribution in [0.25, 0.3) is 0 Å². The minimum Gasteiger partial charge on any atom is -0.210 e. The third-order valence-corrected chi connectivity index (χ3v) is 7.13. The molecule has 0 aliphatic heterocycles. The van der Waals surface area contributed by atoms with Crippen LogP contribution in [0.2, 0.25) is 4.34 Å². The van der Waals surface area contributed by atoms with Crippen LogP contribution in [-0.2, 0) is 10.0 Å². The maximum absolute atomic E-state index is 12.3. The fraction of sp³-hybridized carbons (Fsp3) is 0.158. The van der Waals surface area contributed by atoms with Crippen LogP contribution < -0.4 is 4.72 Å². The van der Waals surface area contributed by atoms with E-state index in [9.17, 15) is 8.42 Å². The Hall–Kier alpha value is -1.66. The minimum absolute atomic E-state index is 0.136. The van der Waals surface area contributed by atoms with Gasteiger partial charge in [0.1, 0.15) is 4.21 Å². The smallest absolute Gasteiger partial charge is 0.210 e. The van der Waals surface area contributed by atoms with Gasteiger partial charge in [0.15, 0.2) is 0 Å². The largest absolute Gasteiger partial charge is 0.250 e. The molecule has 1 N–H and O–H groups in total. The number of hydrogen-bond acceptors (Lipinski definition) is 3. The molecule has 0 radical (unpaired) electrons. The predicted molar refractivity (Wildman–Crippen MR) is 104 cm³/mol. The van der Waals surface area contributed by atoms with Crippen molar-refractivity contribution in [2.75, 3.05) is 6.54 Å². The Morgan fingerprint density at radius 3 is 1.92 bits per heavy atom. The fourth-order valence-electron chi connectivity index (χ4n) is 2.75. The van der Waals surface area contributed by atoms with E-state index in [-0.39, 0.29) is 10.1 Å². The Morgan fingerprint density at radius 2 is 1.44 bits per heavy atom. The van der Waals surface area contributed by atoms with E-state index in [1.54, 1.807) is 6.07 Å². The molecule has 130 valence electrons. The van der Waals surface area contributed by atoms with Crippen molar-refractivity contribution in [1.82, 2.24) is 4.72 Å². The maximum atomic E-state index is 12.3. The third kappa shape index (κ3) is 4.70. The van der Waals surface area contributed by atoms with Gasteiger partial charge in [-0.05, 0) is 29.7 Å². The summed E-state index contributed by atoms with van der Waals surface area (Å²) in [5, 5.41) is 0. The Kier molecular flexibility index (Phi) is 5.91. The molecule has 0 fully saturated rings. The first kappa shape index (κ1) is 18.1. The monoisotopic (exact) mass is 391 g/mol. The highest BCUT2D eigenvalue weighted by atomic mass is 35.5. The third-order valence-electron chi connectivity index (χ3n) is 3.94. The molecule has 0 saturated heterocycles. The molecule has 3 nitrogen and oxygen atoms in total. The SMILES string of the molecule is O=S(=O)(NCCC(c1ccccc1)c1ccccc1)c1ccc(Cl)s1. The highest BCUT2D eigenvalue weighted by Gasteiger charge is 2.18. The van der Waals surface area contributed by atoms with Crippen molar-refractivity contribution in [2.45, 2.75) is 16.5 Å². The molecule has 0 unspecified atom stereocenters. The van der Waals surface area contributed by atoms with E-state index in [0.717, 1.165) is 11.3 Å². The molecule has 3 rings (SSSR count). The number of rotatable bonds is 7. The van der Waals surface area contributed by atoms with Crippen molar-refractivity contribution in [3.8, 4) is 0 Å². The molecule has 0 aliphatic rings. The van der Waals surface area contributed by atoms with Crippen molar-refractivity contribution < 1.29 is 8.42 Å². The number of benzene rings is 2. The van der Waals surface area contributed by atoms with Gasteiger partial charge < -0.3 is 0 Å². The van der Waals surface area contributed by atoms with Crippen LogP contribution in [0.4, 0.5) is 0 Å². The summed E-state index contributed by atoms with van der Waals surface area (Å²) in [5.41, 5.74) is 2.35. The first-order valence-corrected chi connectivity index (χ1v) is 10.6. The normalized spacial score (nSPS) is 11.8. The molecule has 0 saturated carbocycles. The van der Waals surface area contributed by atoms with Crippen LogP contribution in [0.5, 0.6) is 0 Å². The van der Waals surface area contributed by atoms with Gasteiger partial charge in [-0.25, -0.2) is 13.1 Å². The van der Waals surface area contributed by atoms with Crippen LogP contribution in [-0.4, -0.2) is 15.0 Å². The zero-order valence-electron chi connectivity index (χ0n) is 13.4. The van der Waals surface area contributed by atoms with E-state index >= 15 is 0 Å². The van der Waals surface area contributed by atoms with Crippen LogP contribution in [0, 0.1) is 0 Å². The number of sulfonamides is 1. The van der Waals surface area contributed by atoms with Gasteiger partial charge in [-0.3, -0.25) is 0 Å². The van der Waals surface area contributed by atoms with Crippen LogP contribution >= 0.6 is 22.9 Å². The standard InChI is InChI=1S/C19H18ClNO2S2/c20-18-11-12-19(24-18)25(22,23)21-14-13-17(15-7-3-1-4-8-15)16-9-5-2-6-10-16/h1-12,17,21H,13-14H2. The lowest BCUT2D eigenvalue weighted by molar-refractivity contribution is 0.577. The van der Waals surface area contributed by atoms with Crippen molar-refractivity contribution in [3.05, 3.63) is 88.3 Å². The molecule has 0 atom stereocenters. The van der Waals surface area contributed by atoms with Crippen LogP contribution in [0.3, 0.4) is 0 Å². The van der Waals surface area contributed by atoms with Crippen molar-refractivity contribution >= 4 is 33.0 Å². The molecule has 0 spiro atoms. The lowest BCUT2D eigenvalue weighted by atomic mass is 9.89. The highest BCUT2D eigenvalue weighted by molar-refractivity contribution is 7.91. The summed E-state index contributed by atoms with van der Waals surface area (Å²) in [7, 11) is -3.52. The topological polar surface area (TPSA) is 46.2 Å². The Balaban J connectivity index is 1.74. The maximum Gasteiger partial charge on any atom is 0.250 e. The molecule has 2 aromatic carbocycles. The number of hydrogen-bond donors (Lipinski definition) is 1. The van der Waals surface area contributed by atoms with E-state index in [4.69, 9.17) is 11.6 Å². The summed E-state index contributed by atoms with van der Waals surface area (Å²) in [4.78, 5) is 0. The molecule has 0 amide bonds. The van der Waals surface area contributed by atoms with Gasteiger partial charge in [0.25, 0.3) is 0 Å². The Labute approximate surface area is 157 Å². The molecule has 3 aromatic rings. The second-order valence-electron chi connectivity index (χ2n) is 5.62. The van der Waals surface area contributed by atoms with Gasteiger partial charge >= 0.3 is 0 Å². The molecule has 1 aromatic heterocycles. The number of halogens is 1. The Morgan fingerprint density at radius 1 is 0.880 bits per heavy atom. The average Bonchev–Trinajstić information content (AvgIpc) is 3.08. The quantitative estimate of drug-likeness (QED) is 0.622. The molecule has 0 aliphatic carbocycles. The van der Waals surface area contributed by atoms with Gasteiger partial charge in [0.05, 0.1) is 4.34 Å². The van der Waals surface area contributed by atoms with Crippen LogP contribution in [0.15, 0.2) is 77.0 Å². The van der Waals surface area contributed by atoms with Crippen molar-refractivity contribution in [2.24, 2.45) is 0 Å². The minimum atomic E-state index is -3.52. The van der Waals surface area contributed by atoms with Crippen LogP contribution in [0.1, 0.15) is 23.5 Å². The first-order chi connectivity index (χ1) is 12.1. The predicted octanol–water partition coefficient (Wildman–Crippen LogP) is 4.90. The average molecular weight is 392 g/mol. The molecule has 6 heteroatoms. The fourth-order valence-corrected chi connectivity index (χ4v) is 5.32. The zero-order chi connectivity index (χ0) is 17.7. The first-order valence-electron chi connectivity index (χ1n) is 7.91. The zero-order valence-corrected chi connectivity index (χ0v) is 15.8.